The molecule has 2 atom stereocenters. The van der Waals surface area contributed by atoms with Crippen LogP contribution in [0.1, 0.15) is 13.3 Å². The first-order chi connectivity index (χ1) is 6.08. The van der Waals surface area contributed by atoms with Crippen LogP contribution in [0.5, 0.6) is 0 Å². The van der Waals surface area contributed by atoms with Crippen LogP contribution in [0.4, 0.5) is 0 Å². The van der Waals surface area contributed by atoms with Gasteiger partial charge in [0.2, 0.25) is 0 Å². The second kappa shape index (κ2) is 5.96. The molecule has 76 valence electrons. The molecule has 0 aliphatic carbocycles. The molecule has 13 heavy (non-hydrogen) atoms. The Kier molecular flexibility index (Phi) is 5.70. The van der Waals surface area contributed by atoms with Gasteiger partial charge in [-0.15, -0.1) is 0 Å². The third kappa shape index (κ3) is 3.34. The van der Waals surface area contributed by atoms with Gasteiger partial charge in [0.1, 0.15) is 4.83 Å². The standard InChI is InChI=1S/C8H13BrO4/c1-4-5(7(10)12-2)6(9)8(11)13-3/h5-6H,4H2,1-3H3/t5-,6-/m0/s1. The van der Waals surface area contributed by atoms with E-state index in [4.69, 9.17) is 0 Å². The zero-order valence-electron chi connectivity index (χ0n) is 7.87. The molecule has 0 rings (SSSR count). The maximum atomic E-state index is 11.1. The molecule has 0 saturated carbocycles. The Hall–Kier alpha value is -0.580. The van der Waals surface area contributed by atoms with E-state index in [2.05, 4.69) is 25.4 Å². The molecule has 0 radical (unpaired) electrons. The number of hydrogen-bond acceptors (Lipinski definition) is 4. The maximum Gasteiger partial charge on any atom is 0.320 e. The number of halogens is 1. The minimum absolute atomic E-state index is 0.408. The van der Waals surface area contributed by atoms with Crippen molar-refractivity contribution in [1.82, 2.24) is 0 Å². The molecule has 0 aromatic carbocycles. The van der Waals surface area contributed by atoms with Crippen LogP contribution < -0.4 is 0 Å². The van der Waals surface area contributed by atoms with Gasteiger partial charge in [-0.25, -0.2) is 0 Å². The summed E-state index contributed by atoms with van der Waals surface area (Å²) in [7, 11) is 2.57. The predicted molar refractivity (Wildman–Crippen MR) is 50.5 cm³/mol. The molecular weight excluding hydrogens is 240 g/mol. The van der Waals surface area contributed by atoms with E-state index in [9.17, 15) is 9.59 Å². The SMILES string of the molecule is CC[C@H](C(=O)OC)[C@H](Br)C(=O)OC. The fourth-order valence-corrected chi connectivity index (χ4v) is 1.70. The van der Waals surface area contributed by atoms with Crippen molar-refractivity contribution in [2.24, 2.45) is 5.92 Å². The van der Waals surface area contributed by atoms with Crippen LogP contribution in [0.3, 0.4) is 0 Å². The Morgan fingerprint density at radius 1 is 1.23 bits per heavy atom. The highest BCUT2D eigenvalue weighted by Gasteiger charge is 2.31. The van der Waals surface area contributed by atoms with Gasteiger partial charge in [0.25, 0.3) is 0 Å². The van der Waals surface area contributed by atoms with E-state index in [-0.39, 0.29) is 0 Å². The highest BCUT2D eigenvalue weighted by molar-refractivity contribution is 9.10. The summed E-state index contributed by atoms with van der Waals surface area (Å²) in [6, 6.07) is 0. The summed E-state index contributed by atoms with van der Waals surface area (Å²) in [5.41, 5.74) is 0. The van der Waals surface area contributed by atoms with E-state index >= 15 is 0 Å². The molecule has 0 heterocycles. The second-order valence-electron chi connectivity index (χ2n) is 2.46. The van der Waals surface area contributed by atoms with Gasteiger partial charge in [0, 0.05) is 0 Å². The van der Waals surface area contributed by atoms with Crippen molar-refractivity contribution < 1.29 is 19.1 Å². The Bertz CT molecular complexity index is 193. The first kappa shape index (κ1) is 12.4. The third-order valence-corrected chi connectivity index (χ3v) is 2.74. The van der Waals surface area contributed by atoms with E-state index < -0.39 is 22.7 Å². The number of ether oxygens (including phenoxy) is 2. The lowest BCUT2D eigenvalue weighted by molar-refractivity contribution is -0.151. The van der Waals surface area contributed by atoms with Crippen molar-refractivity contribution in [3.05, 3.63) is 0 Å². The molecule has 0 unspecified atom stereocenters. The van der Waals surface area contributed by atoms with Gasteiger partial charge < -0.3 is 9.47 Å². The van der Waals surface area contributed by atoms with Crippen LogP contribution in [-0.4, -0.2) is 31.0 Å². The summed E-state index contributed by atoms with van der Waals surface area (Å²) >= 11 is 3.10. The van der Waals surface area contributed by atoms with Crippen molar-refractivity contribution >= 4 is 27.9 Å². The molecule has 0 aliphatic heterocycles. The largest absolute Gasteiger partial charge is 0.469 e. The first-order valence-corrected chi connectivity index (χ1v) is 4.79. The van der Waals surface area contributed by atoms with Gasteiger partial charge in [-0.1, -0.05) is 22.9 Å². The van der Waals surface area contributed by atoms with Crippen molar-refractivity contribution in [3.63, 3.8) is 0 Å². The van der Waals surface area contributed by atoms with Crippen molar-refractivity contribution in [2.75, 3.05) is 14.2 Å². The zero-order chi connectivity index (χ0) is 10.4. The summed E-state index contributed by atoms with van der Waals surface area (Å²) < 4.78 is 9.04. The predicted octanol–water partition coefficient (Wildman–Crippen LogP) is 1.12. The van der Waals surface area contributed by atoms with Gasteiger partial charge in [-0.3, -0.25) is 9.59 Å². The number of esters is 2. The van der Waals surface area contributed by atoms with E-state index in [1.165, 1.54) is 14.2 Å². The van der Waals surface area contributed by atoms with Crippen molar-refractivity contribution in [3.8, 4) is 0 Å². The molecule has 0 aromatic heterocycles. The van der Waals surface area contributed by atoms with Crippen LogP contribution in [-0.2, 0) is 19.1 Å². The number of methoxy groups -OCH3 is 2. The molecule has 0 aromatic rings. The summed E-state index contributed by atoms with van der Waals surface area (Å²) in [5, 5.41) is 0. The van der Waals surface area contributed by atoms with E-state index in [0.717, 1.165) is 0 Å². The summed E-state index contributed by atoms with van der Waals surface area (Å²) in [6.45, 7) is 1.80. The molecule has 0 N–H and O–H groups in total. The van der Waals surface area contributed by atoms with Gasteiger partial charge in [0.15, 0.2) is 0 Å². The average molecular weight is 253 g/mol. The number of hydrogen-bond donors (Lipinski definition) is 0. The Morgan fingerprint density at radius 3 is 2.00 bits per heavy atom. The molecule has 0 saturated heterocycles. The van der Waals surface area contributed by atoms with Gasteiger partial charge in [-0.05, 0) is 6.42 Å². The highest BCUT2D eigenvalue weighted by Crippen LogP contribution is 2.19. The number of carbonyl (C=O) groups excluding carboxylic acids is 2. The molecule has 4 nitrogen and oxygen atoms in total. The van der Waals surface area contributed by atoms with Crippen LogP contribution in [0.25, 0.3) is 0 Å². The monoisotopic (exact) mass is 252 g/mol. The van der Waals surface area contributed by atoms with Crippen LogP contribution in [0.15, 0.2) is 0 Å². The molecule has 0 spiro atoms. The maximum absolute atomic E-state index is 11.1. The Labute approximate surface area is 85.7 Å². The smallest absolute Gasteiger partial charge is 0.320 e. The Balaban J connectivity index is 4.39. The second-order valence-corrected chi connectivity index (χ2v) is 3.45. The zero-order valence-corrected chi connectivity index (χ0v) is 9.46. The third-order valence-electron chi connectivity index (χ3n) is 1.72. The lowest BCUT2D eigenvalue weighted by Gasteiger charge is -2.16. The summed E-state index contributed by atoms with van der Waals surface area (Å²) in [4.78, 5) is 21.6. The van der Waals surface area contributed by atoms with Crippen molar-refractivity contribution in [2.45, 2.75) is 18.2 Å². The number of carbonyl (C=O) groups is 2. The molecule has 0 aliphatic rings. The van der Waals surface area contributed by atoms with E-state index in [1.54, 1.807) is 6.92 Å². The highest BCUT2D eigenvalue weighted by atomic mass is 79.9. The van der Waals surface area contributed by atoms with E-state index in [0.29, 0.717) is 6.42 Å². The molecule has 0 fully saturated rings. The topological polar surface area (TPSA) is 52.6 Å². The first-order valence-electron chi connectivity index (χ1n) is 3.88. The van der Waals surface area contributed by atoms with Crippen LogP contribution in [0, 0.1) is 5.92 Å². The Morgan fingerprint density at radius 2 is 1.69 bits per heavy atom. The van der Waals surface area contributed by atoms with Gasteiger partial charge >= 0.3 is 11.9 Å². The molecular formula is C8H13BrO4. The lowest BCUT2D eigenvalue weighted by atomic mass is 10.0. The van der Waals surface area contributed by atoms with Gasteiger partial charge in [0.05, 0.1) is 20.1 Å². The van der Waals surface area contributed by atoms with E-state index in [1.807, 2.05) is 0 Å². The molecule has 0 bridgehead atoms. The fraction of sp³-hybridized carbons (Fsp3) is 0.750. The average Bonchev–Trinajstić information content (AvgIpc) is 2.17. The van der Waals surface area contributed by atoms with Crippen molar-refractivity contribution in [1.29, 1.82) is 0 Å². The normalized spacial score (nSPS) is 14.5. The minimum Gasteiger partial charge on any atom is -0.469 e. The lowest BCUT2D eigenvalue weighted by Crippen LogP contribution is -2.31. The number of alkyl halides is 1. The minimum atomic E-state index is -0.630. The number of rotatable bonds is 4. The van der Waals surface area contributed by atoms with Crippen LogP contribution in [0.2, 0.25) is 0 Å². The summed E-state index contributed by atoms with van der Waals surface area (Å²) in [6.07, 6.45) is 0.525. The van der Waals surface area contributed by atoms with Gasteiger partial charge in [-0.2, -0.15) is 0 Å². The quantitative estimate of drug-likeness (QED) is 0.556. The molecule has 0 amide bonds. The van der Waals surface area contributed by atoms with Crippen LogP contribution >= 0.6 is 15.9 Å². The fourth-order valence-electron chi connectivity index (χ4n) is 0.921. The summed E-state index contributed by atoms with van der Waals surface area (Å²) in [5.74, 6) is -1.36. The molecule has 5 heteroatoms.